The van der Waals surface area contributed by atoms with Gasteiger partial charge >= 0.3 is 0 Å². The van der Waals surface area contributed by atoms with Gasteiger partial charge in [0.05, 0.1) is 22.2 Å². The number of hydrogen-bond donors (Lipinski definition) is 2. The van der Waals surface area contributed by atoms with E-state index in [4.69, 9.17) is 23.2 Å². The molecule has 0 spiro atoms. The van der Waals surface area contributed by atoms with Crippen LogP contribution in [0.2, 0.25) is 10.0 Å². The maximum atomic E-state index is 12.3. The van der Waals surface area contributed by atoms with Gasteiger partial charge < -0.3 is 10.3 Å². The highest BCUT2D eigenvalue weighted by Gasteiger charge is 2.14. The van der Waals surface area contributed by atoms with Crippen LogP contribution in [0.4, 0.5) is 5.69 Å². The largest absolute Gasteiger partial charge is 0.358 e. The summed E-state index contributed by atoms with van der Waals surface area (Å²) in [6.07, 6.45) is 0.276. The summed E-state index contributed by atoms with van der Waals surface area (Å²) < 4.78 is 0. The van der Waals surface area contributed by atoms with Crippen LogP contribution in [-0.4, -0.2) is 10.9 Å². The maximum Gasteiger partial charge on any atom is 0.228 e. The van der Waals surface area contributed by atoms with E-state index >= 15 is 0 Å². The van der Waals surface area contributed by atoms with Gasteiger partial charge in [-0.1, -0.05) is 47.5 Å². The number of aromatic amines is 1. The van der Waals surface area contributed by atoms with Crippen LogP contribution in [-0.2, 0) is 11.2 Å². The number of amides is 1. The zero-order valence-electron chi connectivity index (χ0n) is 11.9. The minimum Gasteiger partial charge on any atom is -0.358 e. The number of anilines is 1. The van der Waals surface area contributed by atoms with Crippen LogP contribution in [0.3, 0.4) is 0 Å². The Hall–Kier alpha value is -1.97. The molecule has 0 bridgehead atoms. The van der Waals surface area contributed by atoms with E-state index in [1.165, 1.54) is 0 Å². The van der Waals surface area contributed by atoms with Crippen molar-refractivity contribution < 1.29 is 4.79 Å². The maximum absolute atomic E-state index is 12.3. The second-order valence-electron chi connectivity index (χ2n) is 5.10. The minimum absolute atomic E-state index is 0.128. The van der Waals surface area contributed by atoms with Crippen LogP contribution < -0.4 is 5.32 Å². The van der Waals surface area contributed by atoms with Crippen molar-refractivity contribution in [2.75, 3.05) is 5.32 Å². The minimum atomic E-state index is -0.128. The van der Waals surface area contributed by atoms with Crippen LogP contribution in [0.25, 0.3) is 10.9 Å². The van der Waals surface area contributed by atoms with Gasteiger partial charge in [0.1, 0.15) is 0 Å². The van der Waals surface area contributed by atoms with Crippen molar-refractivity contribution >= 4 is 45.7 Å². The highest BCUT2D eigenvalue weighted by Crippen LogP contribution is 2.30. The smallest absolute Gasteiger partial charge is 0.228 e. The number of carbonyl (C=O) groups excluding carboxylic acids is 1. The third-order valence-corrected chi connectivity index (χ3v) is 4.41. The zero-order chi connectivity index (χ0) is 15.7. The molecular formula is C17H14Cl2N2O. The van der Waals surface area contributed by atoms with Gasteiger partial charge in [-0.25, -0.2) is 0 Å². The lowest BCUT2D eigenvalue weighted by molar-refractivity contribution is -0.115. The molecule has 112 valence electrons. The lowest BCUT2D eigenvalue weighted by atomic mass is 10.1. The molecule has 0 aliphatic rings. The first kappa shape index (κ1) is 14.9. The molecule has 0 saturated carbocycles. The van der Waals surface area contributed by atoms with E-state index in [2.05, 4.69) is 10.3 Å². The molecule has 5 heteroatoms. The van der Waals surface area contributed by atoms with E-state index in [-0.39, 0.29) is 12.3 Å². The molecule has 3 aromatic rings. The summed E-state index contributed by atoms with van der Waals surface area (Å²) in [6, 6.07) is 13.1. The Labute approximate surface area is 138 Å². The fourth-order valence-electron chi connectivity index (χ4n) is 2.52. The molecule has 0 atom stereocenters. The fourth-order valence-corrected chi connectivity index (χ4v) is 2.87. The van der Waals surface area contributed by atoms with Crippen molar-refractivity contribution in [3.63, 3.8) is 0 Å². The summed E-state index contributed by atoms with van der Waals surface area (Å²) in [5.41, 5.74) is 3.54. The van der Waals surface area contributed by atoms with Gasteiger partial charge in [0.15, 0.2) is 0 Å². The molecule has 22 heavy (non-hydrogen) atoms. The number of rotatable bonds is 3. The Balaban J connectivity index is 1.84. The fraction of sp³-hybridized carbons (Fsp3) is 0.118. The Morgan fingerprint density at radius 3 is 2.73 bits per heavy atom. The van der Waals surface area contributed by atoms with Crippen LogP contribution in [0, 0.1) is 6.92 Å². The number of carbonyl (C=O) groups is 1. The van der Waals surface area contributed by atoms with E-state index in [0.717, 1.165) is 22.2 Å². The third kappa shape index (κ3) is 2.82. The molecule has 2 N–H and O–H groups in total. The summed E-state index contributed by atoms with van der Waals surface area (Å²) in [5, 5.41) is 4.65. The van der Waals surface area contributed by atoms with Gasteiger partial charge in [-0.2, -0.15) is 0 Å². The van der Waals surface area contributed by atoms with Crippen molar-refractivity contribution in [2.45, 2.75) is 13.3 Å². The number of halogens is 2. The molecule has 3 rings (SSSR count). The second-order valence-corrected chi connectivity index (χ2v) is 5.89. The highest BCUT2D eigenvalue weighted by atomic mass is 35.5. The number of aryl methyl sites for hydroxylation is 1. The lowest BCUT2D eigenvalue weighted by Crippen LogP contribution is -2.15. The van der Waals surface area contributed by atoms with Crippen molar-refractivity contribution in [3.8, 4) is 0 Å². The predicted molar refractivity (Wildman–Crippen MR) is 91.8 cm³/mol. The third-order valence-electron chi connectivity index (χ3n) is 3.59. The molecule has 3 nitrogen and oxygen atoms in total. The van der Waals surface area contributed by atoms with E-state index in [9.17, 15) is 4.79 Å². The molecule has 0 aliphatic heterocycles. The van der Waals surface area contributed by atoms with Crippen molar-refractivity contribution in [3.05, 3.63) is 63.8 Å². The highest BCUT2D eigenvalue weighted by molar-refractivity contribution is 6.44. The molecule has 0 fully saturated rings. The SMILES string of the molecule is Cc1[nH]c2ccccc2c1CC(=O)Nc1cccc(Cl)c1Cl. The van der Waals surface area contributed by atoms with Crippen molar-refractivity contribution in [1.82, 2.24) is 4.98 Å². The molecule has 1 heterocycles. The normalized spacial score (nSPS) is 10.9. The Morgan fingerprint density at radius 1 is 1.14 bits per heavy atom. The predicted octanol–water partition coefficient (Wildman–Crippen LogP) is 4.96. The quantitative estimate of drug-likeness (QED) is 0.699. The van der Waals surface area contributed by atoms with Crippen LogP contribution in [0.1, 0.15) is 11.3 Å². The summed E-state index contributed by atoms with van der Waals surface area (Å²) in [5.74, 6) is -0.128. The monoisotopic (exact) mass is 332 g/mol. The first-order valence-electron chi connectivity index (χ1n) is 6.86. The van der Waals surface area contributed by atoms with Gasteiger partial charge in [0.25, 0.3) is 0 Å². The van der Waals surface area contributed by atoms with Crippen LogP contribution in [0.5, 0.6) is 0 Å². The van der Waals surface area contributed by atoms with E-state index in [1.54, 1.807) is 18.2 Å². The standard InChI is InChI=1S/C17H14Cl2N2O/c1-10-12(11-5-2-3-7-14(11)20-10)9-16(22)21-15-8-4-6-13(18)17(15)19/h2-8,20H,9H2,1H3,(H,21,22). The van der Waals surface area contributed by atoms with E-state index < -0.39 is 0 Å². The summed E-state index contributed by atoms with van der Waals surface area (Å²) in [6.45, 7) is 1.97. The molecular weight excluding hydrogens is 319 g/mol. The number of fused-ring (bicyclic) bond motifs is 1. The molecule has 2 aromatic carbocycles. The zero-order valence-corrected chi connectivity index (χ0v) is 13.4. The van der Waals surface area contributed by atoms with Gasteiger partial charge in [0, 0.05) is 16.6 Å². The van der Waals surface area contributed by atoms with Gasteiger partial charge in [-0.3, -0.25) is 4.79 Å². The molecule has 0 saturated heterocycles. The second kappa shape index (κ2) is 6.03. The van der Waals surface area contributed by atoms with E-state index in [0.29, 0.717) is 15.7 Å². The van der Waals surface area contributed by atoms with Gasteiger partial charge in [-0.05, 0) is 30.7 Å². The van der Waals surface area contributed by atoms with Crippen molar-refractivity contribution in [1.29, 1.82) is 0 Å². The van der Waals surface area contributed by atoms with E-state index in [1.807, 2.05) is 31.2 Å². The number of aromatic nitrogens is 1. The molecule has 0 radical (unpaired) electrons. The number of hydrogen-bond acceptors (Lipinski definition) is 1. The summed E-state index contributed by atoms with van der Waals surface area (Å²) in [4.78, 5) is 15.6. The first-order valence-corrected chi connectivity index (χ1v) is 7.62. The average molecular weight is 333 g/mol. The first-order chi connectivity index (χ1) is 10.6. The van der Waals surface area contributed by atoms with Crippen LogP contribution >= 0.6 is 23.2 Å². The molecule has 0 unspecified atom stereocenters. The summed E-state index contributed by atoms with van der Waals surface area (Å²) >= 11 is 12.0. The molecule has 1 aromatic heterocycles. The Kier molecular flexibility index (Phi) is 4.10. The lowest BCUT2D eigenvalue weighted by Gasteiger charge is -2.08. The number of H-pyrrole nitrogens is 1. The number of benzene rings is 2. The Bertz CT molecular complexity index is 855. The summed E-state index contributed by atoms with van der Waals surface area (Å²) in [7, 11) is 0. The number of nitrogens with one attached hydrogen (secondary N) is 2. The molecule has 1 amide bonds. The van der Waals surface area contributed by atoms with Crippen LogP contribution in [0.15, 0.2) is 42.5 Å². The van der Waals surface area contributed by atoms with Gasteiger partial charge in [0.2, 0.25) is 5.91 Å². The topological polar surface area (TPSA) is 44.9 Å². The molecule has 0 aliphatic carbocycles. The average Bonchev–Trinajstić information content (AvgIpc) is 2.80. The Morgan fingerprint density at radius 2 is 1.91 bits per heavy atom. The van der Waals surface area contributed by atoms with Gasteiger partial charge in [-0.15, -0.1) is 0 Å². The van der Waals surface area contributed by atoms with Crippen molar-refractivity contribution in [2.24, 2.45) is 0 Å². The number of para-hydroxylation sites is 1.